The van der Waals surface area contributed by atoms with Crippen LogP contribution in [0.1, 0.15) is 92.7 Å². The van der Waals surface area contributed by atoms with Crippen LogP contribution in [0.3, 0.4) is 0 Å². The van der Waals surface area contributed by atoms with Crippen molar-refractivity contribution in [3.63, 3.8) is 0 Å². The summed E-state index contributed by atoms with van der Waals surface area (Å²) in [7, 11) is 0. The third-order valence-electron chi connectivity index (χ3n) is 7.44. The van der Waals surface area contributed by atoms with Gasteiger partial charge in [-0.25, -0.2) is 4.70 Å². The first-order valence-corrected chi connectivity index (χ1v) is 15.8. The fourth-order valence-electron chi connectivity index (χ4n) is 4.98. The standard InChI is InChI=1S/C27H34N2.2C7H7.Ni/c1-4-7-9-12-22-14-11-16-23(19-22)26-20-25(15-8-5-2)27(29(26)28)24-17-10-13-21(6-3)18-24;2*1-7-5-3-2-4-6-7;/h10-11,13-14,16-20H,4-9,12,15H2,1-3H3;2*2-6H,1H2;/q;2*-1;+2. The molecule has 0 radical (unpaired) electrons. The van der Waals surface area contributed by atoms with Gasteiger partial charge in [0.1, 0.15) is 0 Å². The molecule has 0 fully saturated rings. The van der Waals surface area contributed by atoms with Gasteiger partial charge in [0.25, 0.3) is 0 Å². The summed E-state index contributed by atoms with van der Waals surface area (Å²) < 4.78 is 1.42. The monoisotopic (exact) mass is 626 g/mol. The average Bonchev–Trinajstić information content (AvgIpc) is 3.37. The Hall–Kier alpha value is -3.81. The summed E-state index contributed by atoms with van der Waals surface area (Å²) in [6, 6.07) is 37.0. The van der Waals surface area contributed by atoms with Gasteiger partial charge in [-0.05, 0) is 67.5 Å². The summed E-state index contributed by atoms with van der Waals surface area (Å²) in [6.45, 7) is 14.1. The van der Waals surface area contributed by atoms with E-state index in [1.54, 1.807) is 0 Å². The predicted molar refractivity (Wildman–Crippen MR) is 185 cm³/mol. The van der Waals surface area contributed by atoms with Crippen molar-refractivity contribution in [3.05, 3.63) is 174 Å². The molecule has 4 aromatic rings. The van der Waals surface area contributed by atoms with Crippen molar-refractivity contribution >= 4 is 11.4 Å². The minimum absolute atomic E-state index is 0. The maximum absolute atomic E-state index is 11.2. The van der Waals surface area contributed by atoms with Crippen molar-refractivity contribution in [1.29, 1.82) is 0 Å². The van der Waals surface area contributed by atoms with Crippen LogP contribution in [0.5, 0.6) is 0 Å². The minimum Gasteiger partial charge on any atom is -0.493 e. The van der Waals surface area contributed by atoms with Crippen molar-refractivity contribution in [2.24, 2.45) is 0 Å². The van der Waals surface area contributed by atoms with E-state index >= 15 is 0 Å². The van der Waals surface area contributed by atoms with Gasteiger partial charge in [0.2, 0.25) is 11.4 Å². The Bertz CT molecular complexity index is 1430. The van der Waals surface area contributed by atoms with Crippen LogP contribution >= 0.6 is 0 Å². The molecule has 0 unspecified atom stereocenters. The van der Waals surface area contributed by atoms with E-state index in [0.29, 0.717) is 0 Å². The van der Waals surface area contributed by atoms with Gasteiger partial charge in [0.05, 0.1) is 0 Å². The number of unbranched alkanes of at least 4 members (excludes halogenated alkanes) is 3. The van der Waals surface area contributed by atoms with Crippen LogP contribution in [0, 0.1) is 13.8 Å². The number of hydrogen-bond acceptors (Lipinski definition) is 0. The predicted octanol–water partition coefficient (Wildman–Crippen LogP) is 11.7. The van der Waals surface area contributed by atoms with Crippen molar-refractivity contribution in [2.45, 2.75) is 72.1 Å². The SMILES string of the molecule is CCCCCc1cccc(C2=CC(CCCC)=C(c3cccc(CC)c3)[N+]2=[N-])c1.[CH2-]c1ccccc1.[CH2-]c1ccccc1.[Ni+2]. The van der Waals surface area contributed by atoms with Gasteiger partial charge < -0.3 is 5.53 Å². The molecule has 0 saturated heterocycles. The van der Waals surface area contributed by atoms with Crippen LogP contribution in [0.4, 0.5) is 0 Å². The molecule has 232 valence electrons. The first-order valence-electron chi connectivity index (χ1n) is 15.8. The van der Waals surface area contributed by atoms with E-state index in [1.165, 1.54) is 40.7 Å². The zero-order valence-corrected chi connectivity index (χ0v) is 27.7. The molecule has 0 N–H and O–H groups in total. The molecule has 1 aliphatic rings. The van der Waals surface area contributed by atoms with Crippen LogP contribution < -0.4 is 0 Å². The molecule has 0 amide bonds. The van der Waals surface area contributed by atoms with Crippen LogP contribution in [0.15, 0.2) is 121 Å². The molecule has 5 rings (SSSR count). The van der Waals surface area contributed by atoms with E-state index in [4.69, 9.17) is 0 Å². The summed E-state index contributed by atoms with van der Waals surface area (Å²) in [6.07, 6.45) is 11.3. The summed E-state index contributed by atoms with van der Waals surface area (Å²) in [4.78, 5) is 0. The molecule has 1 aliphatic heterocycles. The summed E-state index contributed by atoms with van der Waals surface area (Å²) >= 11 is 0. The Morgan fingerprint density at radius 3 is 1.66 bits per heavy atom. The third-order valence-corrected chi connectivity index (χ3v) is 7.44. The minimum atomic E-state index is 0. The summed E-state index contributed by atoms with van der Waals surface area (Å²) in [5.41, 5.74) is 21.3. The van der Waals surface area contributed by atoms with E-state index in [-0.39, 0.29) is 16.5 Å². The van der Waals surface area contributed by atoms with Crippen molar-refractivity contribution < 1.29 is 21.2 Å². The van der Waals surface area contributed by atoms with Crippen molar-refractivity contribution in [3.8, 4) is 0 Å². The van der Waals surface area contributed by atoms with Crippen molar-refractivity contribution in [1.82, 2.24) is 0 Å². The maximum atomic E-state index is 11.2. The second-order valence-corrected chi connectivity index (χ2v) is 11.0. The first kappa shape index (κ1) is 36.4. The van der Waals surface area contributed by atoms with E-state index in [0.717, 1.165) is 65.8 Å². The number of hydrogen-bond donors (Lipinski definition) is 0. The molecule has 0 atom stereocenters. The molecule has 1 heterocycles. The van der Waals surface area contributed by atoms with Gasteiger partial charge in [0.15, 0.2) is 0 Å². The van der Waals surface area contributed by atoms with Gasteiger partial charge in [-0.1, -0.05) is 76.4 Å². The molecule has 0 bridgehead atoms. The Kier molecular flexibility index (Phi) is 16.7. The molecule has 2 nitrogen and oxygen atoms in total. The zero-order valence-electron chi connectivity index (χ0n) is 26.8. The van der Waals surface area contributed by atoms with E-state index in [9.17, 15) is 5.53 Å². The smallest absolute Gasteiger partial charge is 0.493 e. The topological polar surface area (TPSA) is 25.3 Å². The second-order valence-electron chi connectivity index (χ2n) is 11.0. The molecule has 0 aliphatic carbocycles. The van der Waals surface area contributed by atoms with Crippen LogP contribution in [-0.2, 0) is 29.3 Å². The normalized spacial score (nSPS) is 11.9. The number of rotatable bonds is 10. The van der Waals surface area contributed by atoms with Crippen LogP contribution in [0.25, 0.3) is 16.9 Å². The molecule has 0 aromatic heterocycles. The van der Waals surface area contributed by atoms with Gasteiger partial charge in [-0.3, -0.25) is 0 Å². The number of nitrogens with zero attached hydrogens (tertiary/aromatic N) is 2. The zero-order chi connectivity index (χ0) is 30.9. The Morgan fingerprint density at radius 1 is 0.591 bits per heavy atom. The van der Waals surface area contributed by atoms with Crippen LogP contribution in [0.2, 0.25) is 0 Å². The van der Waals surface area contributed by atoms with E-state index in [1.807, 2.05) is 60.7 Å². The number of aryl methyl sites for hydroxylation is 2. The molecular weight excluding hydrogens is 579 g/mol. The molecule has 4 aromatic carbocycles. The molecule has 3 heteroatoms. The molecule has 0 spiro atoms. The van der Waals surface area contributed by atoms with Crippen LogP contribution in [-0.4, -0.2) is 4.70 Å². The fourth-order valence-corrected chi connectivity index (χ4v) is 4.98. The quantitative estimate of drug-likeness (QED) is 0.0724. The fraction of sp³-hybridized carbons (Fsp3) is 0.268. The first-order chi connectivity index (χ1) is 21.0. The van der Waals surface area contributed by atoms with Gasteiger partial charge >= 0.3 is 16.5 Å². The largest absolute Gasteiger partial charge is 2.00 e. The van der Waals surface area contributed by atoms with E-state index in [2.05, 4.69) is 89.2 Å². The Labute approximate surface area is 277 Å². The number of benzene rings is 4. The maximum Gasteiger partial charge on any atom is 2.00 e. The summed E-state index contributed by atoms with van der Waals surface area (Å²) in [5.74, 6) is 0. The Morgan fingerprint density at radius 2 is 1.14 bits per heavy atom. The molecule has 44 heavy (non-hydrogen) atoms. The van der Waals surface area contributed by atoms with E-state index < -0.39 is 0 Å². The van der Waals surface area contributed by atoms with Gasteiger partial charge in [-0.2, -0.15) is 49.2 Å². The summed E-state index contributed by atoms with van der Waals surface area (Å²) in [5, 5.41) is 0. The second kappa shape index (κ2) is 20.2. The third kappa shape index (κ3) is 11.7. The average molecular weight is 628 g/mol. The Balaban J connectivity index is 0.000000367. The van der Waals surface area contributed by atoms with Crippen molar-refractivity contribution in [2.75, 3.05) is 0 Å². The number of allylic oxidation sites excluding steroid dienone is 2. The van der Waals surface area contributed by atoms with Gasteiger partial charge in [0, 0.05) is 22.8 Å². The van der Waals surface area contributed by atoms with Gasteiger partial charge in [-0.15, -0.1) is 24.3 Å². The molecule has 0 saturated carbocycles. The molecular formula is C41H48N2Ni.